The van der Waals surface area contributed by atoms with E-state index >= 15 is 0 Å². The van der Waals surface area contributed by atoms with Crippen molar-refractivity contribution < 1.29 is 4.79 Å². The van der Waals surface area contributed by atoms with Crippen LogP contribution in [0.3, 0.4) is 0 Å². The first kappa shape index (κ1) is 13.7. The standard InChI is InChI=1S/C15H20N4OS/c20-14-13-10-3-1-2-4-11(10)21-15(13)18-12(17-14)9-19-7-5-16-6-8-19/h13,16H,1-9H2. The van der Waals surface area contributed by atoms with Crippen molar-refractivity contribution >= 4 is 28.5 Å². The summed E-state index contributed by atoms with van der Waals surface area (Å²) < 4.78 is 0. The van der Waals surface area contributed by atoms with Crippen LogP contribution in [0.2, 0.25) is 0 Å². The van der Waals surface area contributed by atoms with Gasteiger partial charge in [0.25, 0.3) is 5.91 Å². The molecule has 4 rings (SSSR count). The molecule has 1 aliphatic carbocycles. The van der Waals surface area contributed by atoms with Gasteiger partial charge in [0.2, 0.25) is 0 Å². The highest BCUT2D eigenvalue weighted by Crippen LogP contribution is 2.47. The maximum absolute atomic E-state index is 12.4. The number of carbonyl (C=O) groups excluding carboxylic acids is 1. The van der Waals surface area contributed by atoms with Crippen LogP contribution >= 0.6 is 11.8 Å². The number of fused-ring (bicyclic) bond motifs is 2. The number of carbonyl (C=O) groups is 1. The highest BCUT2D eigenvalue weighted by molar-refractivity contribution is 8.17. The van der Waals surface area contributed by atoms with E-state index in [0.29, 0.717) is 12.4 Å². The molecule has 0 bridgehead atoms. The van der Waals surface area contributed by atoms with Gasteiger partial charge in [0.05, 0.1) is 11.6 Å². The smallest absolute Gasteiger partial charge is 0.261 e. The van der Waals surface area contributed by atoms with E-state index in [0.717, 1.165) is 44.1 Å². The molecule has 0 aromatic carbocycles. The van der Waals surface area contributed by atoms with E-state index in [4.69, 9.17) is 4.99 Å². The van der Waals surface area contributed by atoms with E-state index in [1.807, 2.05) is 0 Å². The Morgan fingerprint density at radius 1 is 1.19 bits per heavy atom. The fourth-order valence-electron chi connectivity index (χ4n) is 3.48. The minimum absolute atomic E-state index is 0.0181. The van der Waals surface area contributed by atoms with Crippen LogP contribution in [0.5, 0.6) is 0 Å². The number of hydrogen-bond donors (Lipinski definition) is 1. The number of amidine groups is 1. The average Bonchev–Trinajstić information content (AvgIpc) is 2.87. The van der Waals surface area contributed by atoms with Crippen LogP contribution < -0.4 is 5.32 Å². The molecule has 1 N–H and O–H groups in total. The molecular weight excluding hydrogens is 284 g/mol. The third kappa shape index (κ3) is 2.60. The molecular formula is C15H20N4OS. The molecule has 3 aliphatic heterocycles. The van der Waals surface area contributed by atoms with Gasteiger partial charge in [-0.25, -0.2) is 4.99 Å². The fraction of sp³-hybridized carbons (Fsp3) is 0.667. The number of aliphatic imine (C=N–C) groups is 2. The molecule has 0 aromatic rings. The largest absolute Gasteiger partial charge is 0.314 e. The van der Waals surface area contributed by atoms with E-state index in [9.17, 15) is 4.79 Å². The second kappa shape index (κ2) is 5.66. The molecule has 1 amide bonds. The van der Waals surface area contributed by atoms with Crippen molar-refractivity contribution in [2.75, 3.05) is 32.7 Å². The zero-order valence-corrected chi connectivity index (χ0v) is 12.9. The average molecular weight is 304 g/mol. The first-order valence-electron chi connectivity index (χ1n) is 7.84. The van der Waals surface area contributed by atoms with Crippen molar-refractivity contribution in [1.29, 1.82) is 0 Å². The van der Waals surface area contributed by atoms with Gasteiger partial charge in [0.15, 0.2) is 0 Å². The summed E-state index contributed by atoms with van der Waals surface area (Å²) in [5.41, 5.74) is 1.32. The highest BCUT2D eigenvalue weighted by Gasteiger charge is 2.40. The molecule has 1 fully saturated rings. The molecule has 0 aromatic heterocycles. The minimum Gasteiger partial charge on any atom is -0.314 e. The molecule has 0 radical (unpaired) electrons. The van der Waals surface area contributed by atoms with Crippen LogP contribution in [0.4, 0.5) is 0 Å². The van der Waals surface area contributed by atoms with Crippen LogP contribution in [0.25, 0.3) is 0 Å². The van der Waals surface area contributed by atoms with Crippen molar-refractivity contribution in [2.24, 2.45) is 15.9 Å². The van der Waals surface area contributed by atoms with Crippen molar-refractivity contribution in [3.63, 3.8) is 0 Å². The second-order valence-corrected chi connectivity index (χ2v) is 7.15. The molecule has 0 spiro atoms. The first-order chi connectivity index (χ1) is 10.3. The molecule has 21 heavy (non-hydrogen) atoms. The topological polar surface area (TPSA) is 57.1 Å². The second-order valence-electron chi connectivity index (χ2n) is 6.03. The summed E-state index contributed by atoms with van der Waals surface area (Å²) in [7, 11) is 0. The monoisotopic (exact) mass is 304 g/mol. The summed E-state index contributed by atoms with van der Waals surface area (Å²) >= 11 is 1.75. The van der Waals surface area contributed by atoms with Gasteiger partial charge in [0, 0.05) is 26.2 Å². The molecule has 1 unspecified atom stereocenters. The number of piperazine rings is 1. The summed E-state index contributed by atoms with van der Waals surface area (Å²) in [6.45, 7) is 4.72. The van der Waals surface area contributed by atoms with E-state index < -0.39 is 0 Å². The van der Waals surface area contributed by atoms with E-state index in [-0.39, 0.29) is 11.8 Å². The lowest BCUT2D eigenvalue weighted by atomic mass is 9.89. The van der Waals surface area contributed by atoms with Crippen molar-refractivity contribution in [2.45, 2.75) is 25.7 Å². The van der Waals surface area contributed by atoms with Crippen LogP contribution in [-0.2, 0) is 4.79 Å². The van der Waals surface area contributed by atoms with Gasteiger partial charge in [-0.3, -0.25) is 9.69 Å². The number of nitrogens with zero attached hydrogens (tertiary/aromatic N) is 3. The normalized spacial score (nSPS) is 29.9. The Kier molecular flexibility index (Phi) is 3.69. The summed E-state index contributed by atoms with van der Waals surface area (Å²) in [5.74, 6) is 0.599. The Balaban J connectivity index is 1.52. The third-order valence-electron chi connectivity index (χ3n) is 4.58. The number of hydrogen-bond acceptors (Lipinski definition) is 5. The number of allylic oxidation sites excluding steroid dienone is 1. The maximum atomic E-state index is 12.4. The summed E-state index contributed by atoms with van der Waals surface area (Å²) in [4.78, 5) is 25.2. The Morgan fingerprint density at radius 2 is 2.00 bits per heavy atom. The molecule has 4 aliphatic rings. The van der Waals surface area contributed by atoms with E-state index in [1.54, 1.807) is 11.8 Å². The van der Waals surface area contributed by atoms with E-state index in [2.05, 4.69) is 15.2 Å². The zero-order valence-electron chi connectivity index (χ0n) is 12.1. The Labute approximate surface area is 129 Å². The zero-order chi connectivity index (χ0) is 14.2. The van der Waals surface area contributed by atoms with Crippen molar-refractivity contribution in [1.82, 2.24) is 10.2 Å². The number of rotatable bonds is 2. The van der Waals surface area contributed by atoms with Gasteiger partial charge in [0.1, 0.15) is 11.8 Å². The molecule has 112 valence electrons. The van der Waals surface area contributed by atoms with Crippen LogP contribution in [0, 0.1) is 5.92 Å². The predicted octanol–water partition coefficient (Wildman–Crippen LogP) is 1.42. The predicted molar refractivity (Wildman–Crippen MR) is 85.8 cm³/mol. The first-order valence-corrected chi connectivity index (χ1v) is 8.66. The van der Waals surface area contributed by atoms with Gasteiger partial charge >= 0.3 is 0 Å². The van der Waals surface area contributed by atoms with Gasteiger partial charge < -0.3 is 5.32 Å². The molecule has 6 heteroatoms. The molecule has 5 nitrogen and oxygen atoms in total. The van der Waals surface area contributed by atoms with Gasteiger partial charge in [-0.15, -0.1) is 0 Å². The lowest BCUT2D eigenvalue weighted by Crippen LogP contribution is -2.45. The molecule has 1 saturated heterocycles. The minimum atomic E-state index is -0.128. The Bertz CT molecular complexity index is 560. The van der Waals surface area contributed by atoms with Gasteiger partial charge in [-0.2, -0.15) is 4.99 Å². The fourth-order valence-corrected chi connectivity index (χ4v) is 4.84. The maximum Gasteiger partial charge on any atom is 0.261 e. The van der Waals surface area contributed by atoms with Crippen LogP contribution in [-0.4, -0.2) is 54.4 Å². The molecule has 0 saturated carbocycles. The number of nitrogens with one attached hydrogen (secondary N) is 1. The number of amides is 1. The van der Waals surface area contributed by atoms with Crippen LogP contribution in [0.15, 0.2) is 20.5 Å². The molecule has 1 atom stereocenters. The SMILES string of the molecule is O=C1N=C(CN2CCNCC2)N=C2SC3=C(CCCC3)C12. The lowest BCUT2D eigenvalue weighted by molar-refractivity contribution is -0.118. The summed E-state index contributed by atoms with van der Waals surface area (Å²) in [5, 5.41) is 4.33. The number of thioether (sulfide) groups is 1. The molecule has 3 heterocycles. The van der Waals surface area contributed by atoms with E-state index in [1.165, 1.54) is 23.3 Å². The Morgan fingerprint density at radius 3 is 2.86 bits per heavy atom. The highest BCUT2D eigenvalue weighted by atomic mass is 32.2. The van der Waals surface area contributed by atoms with Crippen molar-refractivity contribution in [3.8, 4) is 0 Å². The Hall–Kier alpha value is -0.980. The lowest BCUT2D eigenvalue weighted by Gasteiger charge is -2.27. The summed E-state index contributed by atoms with van der Waals surface area (Å²) in [6, 6.07) is 0. The third-order valence-corrected chi connectivity index (χ3v) is 5.83. The van der Waals surface area contributed by atoms with Crippen LogP contribution in [0.1, 0.15) is 25.7 Å². The quantitative estimate of drug-likeness (QED) is 0.838. The van der Waals surface area contributed by atoms with Crippen molar-refractivity contribution in [3.05, 3.63) is 10.5 Å². The van der Waals surface area contributed by atoms with Gasteiger partial charge in [-0.05, 0) is 36.2 Å². The van der Waals surface area contributed by atoms with Gasteiger partial charge in [-0.1, -0.05) is 11.8 Å². The summed E-state index contributed by atoms with van der Waals surface area (Å²) in [6.07, 6.45) is 4.62.